The van der Waals surface area contributed by atoms with Gasteiger partial charge in [0, 0.05) is 0 Å². The van der Waals surface area contributed by atoms with Crippen molar-refractivity contribution in [2.75, 3.05) is 13.2 Å². The first-order valence-corrected chi connectivity index (χ1v) is 2.57. The van der Waals surface area contributed by atoms with Gasteiger partial charge in [-0.1, -0.05) is 6.08 Å². The van der Waals surface area contributed by atoms with Gasteiger partial charge < -0.3 is 9.84 Å². The third kappa shape index (κ3) is 5.66. The molecule has 47 valence electrons. The Morgan fingerprint density at radius 3 is 2.88 bits per heavy atom. The second-order valence-corrected chi connectivity index (χ2v) is 1.29. The molecule has 0 aliphatic carbocycles. The van der Waals surface area contributed by atoms with Gasteiger partial charge in [0.1, 0.15) is 0 Å². The lowest BCUT2D eigenvalue weighted by atomic mass is 10.5. The van der Waals surface area contributed by atoms with Gasteiger partial charge in [-0.05, 0) is 6.42 Å². The minimum Gasteiger partial charge on any atom is -0.394 e. The maximum absolute atomic E-state index is 8.19. The van der Waals surface area contributed by atoms with E-state index in [1.165, 1.54) is 0 Å². The first-order valence-electron chi connectivity index (χ1n) is 2.57. The highest BCUT2D eigenvalue weighted by atomic mass is 16.5. The van der Waals surface area contributed by atoms with Gasteiger partial charge in [-0.15, -0.1) is 6.58 Å². The van der Waals surface area contributed by atoms with Gasteiger partial charge in [0.2, 0.25) is 0 Å². The molecule has 8 heavy (non-hydrogen) atoms. The van der Waals surface area contributed by atoms with E-state index in [4.69, 9.17) is 9.84 Å². The Hall–Kier alpha value is -0.340. The van der Waals surface area contributed by atoms with Crippen molar-refractivity contribution in [3.05, 3.63) is 19.3 Å². The lowest BCUT2D eigenvalue weighted by Gasteiger charge is -1.94. The minimum atomic E-state index is 0.0770. The molecule has 0 heterocycles. The standard InChI is InChI=1S/C6H11O2/c1-2-3-5-8-6-4-7/h2,5,7H,1,3-4,6H2. The average molecular weight is 115 g/mol. The van der Waals surface area contributed by atoms with E-state index in [-0.39, 0.29) is 6.61 Å². The molecule has 1 N–H and O–H groups in total. The largest absolute Gasteiger partial charge is 0.394 e. The van der Waals surface area contributed by atoms with Crippen molar-refractivity contribution in [1.29, 1.82) is 0 Å². The summed E-state index contributed by atoms with van der Waals surface area (Å²) in [5.41, 5.74) is 0. The average Bonchev–Trinajstić information content (AvgIpc) is 1.81. The van der Waals surface area contributed by atoms with Gasteiger partial charge in [-0.3, -0.25) is 0 Å². The van der Waals surface area contributed by atoms with Gasteiger partial charge in [-0.2, -0.15) is 0 Å². The van der Waals surface area contributed by atoms with Crippen LogP contribution in [0.5, 0.6) is 0 Å². The van der Waals surface area contributed by atoms with Crippen LogP contribution in [0.15, 0.2) is 12.7 Å². The maximum Gasteiger partial charge on any atom is 0.0875 e. The molecule has 2 nitrogen and oxygen atoms in total. The van der Waals surface area contributed by atoms with Crippen molar-refractivity contribution in [3.8, 4) is 0 Å². The highest BCUT2D eigenvalue weighted by Crippen LogP contribution is 1.87. The van der Waals surface area contributed by atoms with Crippen LogP contribution >= 0.6 is 0 Å². The topological polar surface area (TPSA) is 29.5 Å². The summed E-state index contributed by atoms with van der Waals surface area (Å²) in [6, 6.07) is 0. The zero-order chi connectivity index (χ0) is 6.24. The summed E-state index contributed by atoms with van der Waals surface area (Å²) < 4.78 is 4.78. The summed E-state index contributed by atoms with van der Waals surface area (Å²) in [5.74, 6) is 0. The summed E-state index contributed by atoms with van der Waals surface area (Å²) in [6.45, 7) is 5.56. The molecule has 0 unspecified atom stereocenters. The van der Waals surface area contributed by atoms with E-state index in [9.17, 15) is 0 Å². The molecule has 0 spiro atoms. The first kappa shape index (κ1) is 7.66. The van der Waals surface area contributed by atoms with Crippen LogP contribution in [0.2, 0.25) is 0 Å². The first-order chi connectivity index (χ1) is 3.91. The Labute approximate surface area is 49.8 Å². The van der Waals surface area contributed by atoms with Crippen molar-refractivity contribution in [3.63, 3.8) is 0 Å². The third-order valence-corrected chi connectivity index (χ3v) is 0.590. The monoisotopic (exact) mass is 115 g/mol. The normalized spacial score (nSPS) is 9.12. The molecule has 0 aliphatic heterocycles. The molecule has 0 amide bonds. The SMILES string of the molecule is C=CC[CH]OCCO. The van der Waals surface area contributed by atoms with Crippen LogP contribution in [-0.2, 0) is 4.74 Å². The minimum absolute atomic E-state index is 0.0770. The number of hydrogen-bond acceptors (Lipinski definition) is 2. The van der Waals surface area contributed by atoms with Crippen molar-refractivity contribution >= 4 is 0 Å². The Morgan fingerprint density at radius 2 is 2.38 bits per heavy atom. The summed E-state index contributed by atoms with van der Waals surface area (Å²) in [5, 5.41) is 8.19. The number of ether oxygens (including phenoxy) is 1. The Balaban J connectivity index is 2.62. The molecule has 0 aromatic carbocycles. The quantitative estimate of drug-likeness (QED) is 0.423. The van der Waals surface area contributed by atoms with Crippen molar-refractivity contribution in [2.45, 2.75) is 6.42 Å². The molecule has 0 aromatic rings. The molecule has 0 bridgehead atoms. The zero-order valence-corrected chi connectivity index (χ0v) is 4.84. The van der Waals surface area contributed by atoms with Crippen LogP contribution < -0.4 is 0 Å². The fourth-order valence-electron chi connectivity index (χ4n) is 0.272. The second-order valence-electron chi connectivity index (χ2n) is 1.29. The van der Waals surface area contributed by atoms with Gasteiger partial charge >= 0.3 is 0 Å². The zero-order valence-electron chi connectivity index (χ0n) is 4.84. The molecule has 0 aromatic heterocycles. The van der Waals surface area contributed by atoms with Gasteiger partial charge in [0.15, 0.2) is 0 Å². The molecular formula is C6H11O2. The predicted octanol–water partition coefficient (Wildman–Crippen LogP) is 0.733. The Kier molecular flexibility index (Phi) is 6.38. The second kappa shape index (κ2) is 6.66. The number of hydrogen-bond donors (Lipinski definition) is 1. The van der Waals surface area contributed by atoms with Crippen LogP contribution in [0.3, 0.4) is 0 Å². The van der Waals surface area contributed by atoms with Crippen LogP contribution in [0.1, 0.15) is 6.42 Å². The lowest BCUT2D eigenvalue weighted by Crippen LogP contribution is -1.95. The Bertz CT molecular complexity index is 52.5. The summed E-state index contributed by atoms with van der Waals surface area (Å²) in [6.07, 6.45) is 2.47. The van der Waals surface area contributed by atoms with E-state index >= 15 is 0 Å². The molecular weight excluding hydrogens is 104 g/mol. The summed E-state index contributed by atoms with van der Waals surface area (Å²) >= 11 is 0. The van der Waals surface area contributed by atoms with Crippen molar-refractivity contribution in [1.82, 2.24) is 0 Å². The Morgan fingerprint density at radius 1 is 1.62 bits per heavy atom. The van der Waals surface area contributed by atoms with E-state index < -0.39 is 0 Å². The van der Waals surface area contributed by atoms with Crippen molar-refractivity contribution in [2.24, 2.45) is 0 Å². The molecule has 0 atom stereocenters. The van der Waals surface area contributed by atoms with E-state index in [0.717, 1.165) is 6.42 Å². The molecule has 0 rings (SSSR count). The molecule has 0 fully saturated rings. The summed E-state index contributed by atoms with van der Waals surface area (Å²) in [7, 11) is 0. The fourth-order valence-corrected chi connectivity index (χ4v) is 0.272. The molecule has 0 saturated heterocycles. The van der Waals surface area contributed by atoms with Gasteiger partial charge in [0.05, 0.1) is 19.8 Å². The van der Waals surface area contributed by atoms with E-state index in [0.29, 0.717) is 6.61 Å². The smallest absolute Gasteiger partial charge is 0.0875 e. The molecule has 0 saturated carbocycles. The van der Waals surface area contributed by atoms with E-state index in [1.807, 2.05) is 0 Å². The predicted molar refractivity (Wildman–Crippen MR) is 32.2 cm³/mol. The number of aliphatic hydroxyl groups is 1. The van der Waals surface area contributed by atoms with Crippen LogP contribution in [0, 0.1) is 6.61 Å². The number of aliphatic hydroxyl groups excluding tert-OH is 1. The van der Waals surface area contributed by atoms with Crippen LogP contribution in [-0.4, -0.2) is 18.3 Å². The lowest BCUT2D eigenvalue weighted by molar-refractivity contribution is 0.136. The van der Waals surface area contributed by atoms with E-state index in [2.05, 4.69) is 6.58 Å². The van der Waals surface area contributed by atoms with Crippen LogP contribution in [0.25, 0.3) is 0 Å². The molecule has 1 radical (unpaired) electrons. The number of rotatable bonds is 5. The maximum atomic E-state index is 8.19. The fraction of sp³-hybridized carbons (Fsp3) is 0.500. The van der Waals surface area contributed by atoms with Crippen LogP contribution in [0.4, 0.5) is 0 Å². The van der Waals surface area contributed by atoms with Gasteiger partial charge in [0.25, 0.3) is 0 Å². The summed E-state index contributed by atoms with van der Waals surface area (Å²) in [4.78, 5) is 0. The van der Waals surface area contributed by atoms with E-state index in [1.54, 1.807) is 12.7 Å². The van der Waals surface area contributed by atoms with Gasteiger partial charge in [-0.25, -0.2) is 0 Å². The molecule has 2 heteroatoms. The molecule has 0 aliphatic rings. The highest BCUT2D eigenvalue weighted by molar-refractivity contribution is 4.70. The third-order valence-electron chi connectivity index (χ3n) is 0.590. The van der Waals surface area contributed by atoms with Crippen molar-refractivity contribution < 1.29 is 9.84 Å². The highest BCUT2D eigenvalue weighted by Gasteiger charge is 1.81.